The SMILES string of the molecule is CCC(c1ccc(SOc2ccccc2)cc1)N(C)C. The Labute approximate surface area is 126 Å². The van der Waals surface area contributed by atoms with Crippen molar-refractivity contribution in [2.24, 2.45) is 0 Å². The molecule has 20 heavy (non-hydrogen) atoms. The van der Waals surface area contributed by atoms with Crippen LogP contribution in [0.25, 0.3) is 0 Å². The summed E-state index contributed by atoms with van der Waals surface area (Å²) >= 11 is 1.40. The standard InChI is InChI=1S/C17H21NOS/c1-4-17(18(2)3)14-10-12-16(13-11-14)20-19-15-8-6-5-7-9-15/h5-13,17H,4H2,1-3H3. The first-order chi connectivity index (χ1) is 9.70. The highest BCUT2D eigenvalue weighted by Crippen LogP contribution is 2.27. The van der Waals surface area contributed by atoms with Crippen molar-refractivity contribution in [1.29, 1.82) is 0 Å². The topological polar surface area (TPSA) is 12.5 Å². The minimum Gasteiger partial charge on any atom is -0.421 e. The van der Waals surface area contributed by atoms with Gasteiger partial charge in [-0.05, 0) is 50.3 Å². The van der Waals surface area contributed by atoms with Crippen molar-refractivity contribution in [3.63, 3.8) is 0 Å². The minimum atomic E-state index is 0.476. The summed E-state index contributed by atoms with van der Waals surface area (Å²) in [5.74, 6) is 0.876. The van der Waals surface area contributed by atoms with Crippen LogP contribution in [-0.4, -0.2) is 19.0 Å². The second kappa shape index (κ2) is 7.36. The van der Waals surface area contributed by atoms with Crippen molar-refractivity contribution in [3.8, 4) is 5.75 Å². The summed E-state index contributed by atoms with van der Waals surface area (Å²) in [6.07, 6.45) is 1.11. The summed E-state index contributed by atoms with van der Waals surface area (Å²) in [5, 5.41) is 0. The number of benzene rings is 2. The molecule has 0 bridgehead atoms. The smallest absolute Gasteiger partial charge is 0.137 e. The average Bonchev–Trinajstić information content (AvgIpc) is 2.48. The zero-order valence-corrected chi connectivity index (χ0v) is 13.1. The van der Waals surface area contributed by atoms with Gasteiger partial charge in [-0.25, -0.2) is 0 Å². The van der Waals surface area contributed by atoms with Crippen LogP contribution in [0, 0.1) is 0 Å². The molecule has 2 aromatic carbocycles. The van der Waals surface area contributed by atoms with Crippen LogP contribution in [0.5, 0.6) is 5.75 Å². The largest absolute Gasteiger partial charge is 0.421 e. The molecule has 0 saturated heterocycles. The van der Waals surface area contributed by atoms with Crippen molar-refractivity contribution >= 4 is 12.0 Å². The van der Waals surface area contributed by atoms with E-state index in [2.05, 4.69) is 50.2 Å². The summed E-state index contributed by atoms with van der Waals surface area (Å²) in [4.78, 5) is 3.37. The first kappa shape index (κ1) is 14.9. The van der Waals surface area contributed by atoms with Crippen molar-refractivity contribution in [1.82, 2.24) is 4.90 Å². The van der Waals surface area contributed by atoms with Crippen LogP contribution in [0.4, 0.5) is 0 Å². The Balaban J connectivity index is 1.98. The molecular formula is C17H21NOS. The van der Waals surface area contributed by atoms with Crippen LogP contribution in [-0.2, 0) is 0 Å². The van der Waals surface area contributed by atoms with Crippen LogP contribution in [0.1, 0.15) is 24.9 Å². The predicted molar refractivity (Wildman–Crippen MR) is 86.1 cm³/mol. The quantitative estimate of drug-likeness (QED) is 0.709. The van der Waals surface area contributed by atoms with Gasteiger partial charge in [0.1, 0.15) is 5.75 Å². The highest BCUT2D eigenvalue weighted by atomic mass is 32.2. The lowest BCUT2D eigenvalue weighted by Crippen LogP contribution is -2.18. The van der Waals surface area contributed by atoms with E-state index < -0.39 is 0 Å². The molecule has 2 aromatic rings. The average molecular weight is 287 g/mol. The van der Waals surface area contributed by atoms with E-state index in [1.165, 1.54) is 17.6 Å². The fourth-order valence-corrected chi connectivity index (χ4v) is 2.77. The monoisotopic (exact) mass is 287 g/mol. The fraction of sp³-hybridized carbons (Fsp3) is 0.294. The molecule has 0 aliphatic rings. The molecule has 2 rings (SSSR count). The lowest BCUT2D eigenvalue weighted by molar-refractivity contribution is 0.292. The molecule has 0 radical (unpaired) electrons. The summed E-state index contributed by atoms with van der Waals surface area (Å²) in [6.45, 7) is 2.21. The Hall–Kier alpha value is -1.45. The highest BCUT2D eigenvalue weighted by Gasteiger charge is 2.11. The molecule has 3 heteroatoms. The minimum absolute atomic E-state index is 0.476. The zero-order chi connectivity index (χ0) is 14.4. The summed E-state index contributed by atoms with van der Waals surface area (Å²) in [5.41, 5.74) is 1.35. The maximum absolute atomic E-state index is 5.67. The third-order valence-electron chi connectivity index (χ3n) is 3.25. The van der Waals surface area contributed by atoms with Crippen molar-refractivity contribution < 1.29 is 4.18 Å². The van der Waals surface area contributed by atoms with Crippen LogP contribution < -0.4 is 4.18 Å². The molecule has 2 nitrogen and oxygen atoms in total. The van der Waals surface area contributed by atoms with Crippen molar-refractivity contribution in [3.05, 3.63) is 60.2 Å². The van der Waals surface area contributed by atoms with E-state index in [0.29, 0.717) is 6.04 Å². The van der Waals surface area contributed by atoms with E-state index in [1.807, 2.05) is 30.3 Å². The normalized spacial score (nSPS) is 12.4. The maximum Gasteiger partial charge on any atom is 0.137 e. The van der Waals surface area contributed by atoms with Crippen LogP contribution in [0.2, 0.25) is 0 Å². The Morgan fingerprint density at radius 3 is 2.20 bits per heavy atom. The fourth-order valence-electron chi connectivity index (χ4n) is 2.22. The Kier molecular flexibility index (Phi) is 5.50. The second-order valence-electron chi connectivity index (χ2n) is 4.94. The van der Waals surface area contributed by atoms with Crippen LogP contribution >= 0.6 is 12.0 Å². The van der Waals surface area contributed by atoms with Gasteiger partial charge in [0.25, 0.3) is 0 Å². The molecule has 0 aliphatic carbocycles. The summed E-state index contributed by atoms with van der Waals surface area (Å²) < 4.78 is 5.67. The van der Waals surface area contributed by atoms with E-state index in [-0.39, 0.29) is 0 Å². The van der Waals surface area contributed by atoms with Gasteiger partial charge in [0, 0.05) is 10.9 Å². The zero-order valence-electron chi connectivity index (χ0n) is 12.2. The van der Waals surface area contributed by atoms with E-state index in [9.17, 15) is 0 Å². The predicted octanol–water partition coefficient (Wildman–Crippen LogP) is 4.79. The van der Waals surface area contributed by atoms with Gasteiger partial charge in [-0.1, -0.05) is 37.3 Å². The molecule has 0 amide bonds. The van der Waals surface area contributed by atoms with Gasteiger partial charge >= 0.3 is 0 Å². The first-order valence-electron chi connectivity index (χ1n) is 6.86. The van der Waals surface area contributed by atoms with Gasteiger partial charge in [-0.3, -0.25) is 0 Å². The number of rotatable bonds is 6. The number of para-hydroxylation sites is 1. The molecule has 0 aliphatic heterocycles. The Bertz CT molecular complexity index is 510. The van der Waals surface area contributed by atoms with Crippen molar-refractivity contribution in [2.45, 2.75) is 24.3 Å². The third kappa shape index (κ3) is 4.02. The molecule has 0 spiro atoms. The van der Waals surface area contributed by atoms with Crippen LogP contribution in [0.15, 0.2) is 59.5 Å². The van der Waals surface area contributed by atoms with E-state index in [0.717, 1.165) is 17.1 Å². The van der Waals surface area contributed by atoms with Gasteiger partial charge in [-0.15, -0.1) is 0 Å². The van der Waals surface area contributed by atoms with E-state index >= 15 is 0 Å². The molecule has 0 saturated carbocycles. The van der Waals surface area contributed by atoms with E-state index in [1.54, 1.807) is 0 Å². The van der Waals surface area contributed by atoms with E-state index in [4.69, 9.17) is 4.18 Å². The van der Waals surface area contributed by atoms with Gasteiger partial charge < -0.3 is 9.08 Å². The molecular weight excluding hydrogens is 266 g/mol. The third-order valence-corrected chi connectivity index (χ3v) is 3.99. The summed E-state index contributed by atoms with van der Waals surface area (Å²) in [7, 11) is 4.24. The van der Waals surface area contributed by atoms with Gasteiger partial charge in [-0.2, -0.15) is 0 Å². The molecule has 0 fully saturated rings. The van der Waals surface area contributed by atoms with Crippen molar-refractivity contribution in [2.75, 3.05) is 14.1 Å². The van der Waals surface area contributed by atoms with Gasteiger partial charge in [0.05, 0.1) is 12.0 Å². The van der Waals surface area contributed by atoms with Crippen LogP contribution in [0.3, 0.4) is 0 Å². The van der Waals surface area contributed by atoms with Gasteiger partial charge in [0.2, 0.25) is 0 Å². The highest BCUT2D eigenvalue weighted by molar-refractivity contribution is 7.95. The lowest BCUT2D eigenvalue weighted by Gasteiger charge is -2.23. The molecule has 0 aromatic heterocycles. The number of hydrogen-bond donors (Lipinski definition) is 0. The lowest BCUT2D eigenvalue weighted by atomic mass is 10.0. The first-order valence-corrected chi connectivity index (χ1v) is 7.61. The summed E-state index contributed by atoms with van der Waals surface area (Å²) in [6, 6.07) is 18.9. The Morgan fingerprint density at radius 1 is 1.00 bits per heavy atom. The number of nitrogens with zero attached hydrogens (tertiary/aromatic N) is 1. The number of hydrogen-bond acceptors (Lipinski definition) is 3. The van der Waals surface area contributed by atoms with Gasteiger partial charge in [0.15, 0.2) is 0 Å². The molecule has 0 heterocycles. The molecule has 0 N–H and O–H groups in total. The maximum atomic E-state index is 5.67. The Morgan fingerprint density at radius 2 is 1.65 bits per heavy atom. The molecule has 1 atom stereocenters. The molecule has 1 unspecified atom stereocenters. The molecule has 106 valence electrons. The second-order valence-corrected chi connectivity index (χ2v) is 5.74.